The summed E-state index contributed by atoms with van der Waals surface area (Å²) in [5.74, 6) is -1.26. The highest BCUT2D eigenvalue weighted by Crippen LogP contribution is 2.22. The van der Waals surface area contributed by atoms with E-state index < -0.39 is 11.6 Å². The predicted molar refractivity (Wildman–Crippen MR) is 79.1 cm³/mol. The average molecular weight is 295 g/mol. The summed E-state index contributed by atoms with van der Waals surface area (Å²) in [4.78, 5) is 14.5. The van der Waals surface area contributed by atoms with Gasteiger partial charge in [0.1, 0.15) is 5.78 Å². The lowest BCUT2D eigenvalue weighted by Gasteiger charge is -2.35. The Morgan fingerprint density at radius 2 is 2.10 bits per heavy atom. The van der Waals surface area contributed by atoms with Gasteiger partial charge in [-0.3, -0.25) is 4.79 Å². The molecule has 1 atom stereocenters. The molecule has 1 saturated heterocycles. The Labute approximate surface area is 125 Å². The minimum atomic E-state index is -0.885. The molecule has 1 aromatic rings. The molecule has 2 rings (SSSR count). The maximum atomic E-state index is 13.1. The topological polar surface area (TPSA) is 20.3 Å². The van der Waals surface area contributed by atoms with Gasteiger partial charge in [-0.2, -0.15) is 0 Å². The number of hydrogen-bond acceptors (Lipinski definition) is 2. The van der Waals surface area contributed by atoms with E-state index in [1.807, 2.05) is 0 Å². The van der Waals surface area contributed by atoms with Crippen LogP contribution in [-0.4, -0.2) is 29.8 Å². The molecule has 1 aliphatic heterocycles. The van der Waals surface area contributed by atoms with Crippen LogP contribution in [0.5, 0.6) is 0 Å². The maximum absolute atomic E-state index is 13.1. The third kappa shape index (κ3) is 4.60. The SMILES string of the molecule is CC(C)N1CCC[C@@H](CC(=O)Cc2ccc(F)c(F)c2)C1. The second-order valence-corrected chi connectivity index (χ2v) is 6.26. The van der Waals surface area contributed by atoms with Crippen LogP contribution in [-0.2, 0) is 11.2 Å². The van der Waals surface area contributed by atoms with Gasteiger partial charge in [-0.25, -0.2) is 8.78 Å². The number of halogens is 2. The average Bonchev–Trinajstić information content (AvgIpc) is 2.43. The van der Waals surface area contributed by atoms with Crippen LogP contribution in [0.3, 0.4) is 0 Å². The summed E-state index contributed by atoms with van der Waals surface area (Å²) < 4.78 is 26.0. The lowest BCUT2D eigenvalue weighted by Crippen LogP contribution is -2.40. The second-order valence-electron chi connectivity index (χ2n) is 6.26. The van der Waals surface area contributed by atoms with Crippen LogP contribution in [0.1, 0.15) is 38.7 Å². The Bertz CT molecular complexity index is 502. The fraction of sp³-hybridized carbons (Fsp3) is 0.588. The summed E-state index contributed by atoms with van der Waals surface area (Å²) >= 11 is 0. The normalized spacial score (nSPS) is 20.0. The molecule has 4 heteroatoms. The number of piperidine rings is 1. The lowest BCUT2D eigenvalue weighted by atomic mass is 9.90. The van der Waals surface area contributed by atoms with Crippen molar-refractivity contribution in [2.24, 2.45) is 5.92 Å². The van der Waals surface area contributed by atoms with Crippen molar-refractivity contribution in [3.63, 3.8) is 0 Å². The number of nitrogens with zero attached hydrogens (tertiary/aromatic N) is 1. The van der Waals surface area contributed by atoms with E-state index in [9.17, 15) is 13.6 Å². The molecule has 0 bridgehead atoms. The van der Waals surface area contributed by atoms with E-state index in [1.54, 1.807) is 0 Å². The predicted octanol–water partition coefficient (Wildman–Crippen LogP) is 3.59. The van der Waals surface area contributed by atoms with E-state index in [-0.39, 0.29) is 12.2 Å². The third-order valence-corrected chi connectivity index (χ3v) is 4.18. The summed E-state index contributed by atoms with van der Waals surface area (Å²) in [5.41, 5.74) is 0.551. The van der Waals surface area contributed by atoms with Crippen molar-refractivity contribution in [2.75, 3.05) is 13.1 Å². The highest BCUT2D eigenvalue weighted by molar-refractivity contribution is 5.81. The molecule has 0 radical (unpaired) electrons. The molecule has 0 spiro atoms. The zero-order valence-electron chi connectivity index (χ0n) is 12.7. The van der Waals surface area contributed by atoms with Crippen molar-refractivity contribution in [2.45, 2.75) is 45.6 Å². The van der Waals surface area contributed by atoms with Crippen molar-refractivity contribution in [3.8, 4) is 0 Å². The fourth-order valence-electron chi connectivity index (χ4n) is 3.00. The fourth-order valence-corrected chi connectivity index (χ4v) is 3.00. The van der Waals surface area contributed by atoms with Gasteiger partial charge < -0.3 is 4.90 Å². The van der Waals surface area contributed by atoms with E-state index in [2.05, 4.69) is 18.7 Å². The second kappa shape index (κ2) is 7.12. The van der Waals surface area contributed by atoms with E-state index in [4.69, 9.17) is 0 Å². The van der Waals surface area contributed by atoms with E-state index in [1.165, 1.54) is 6.07 Å². The standard InChI is InChI=1S/C17H23F2NO/c1-12(2)20-7-3-4-14(11-20)9-15(21)8-13-5-6-16(18)17(19)10-13/h5-6,10,12,14H,3-4,7-9,11H2,1-2H3/t14-/m0/s1. The molecule has 116 valence electrons. The van der Waals surface area contributed by atoms with Crippen LogP contribution in [0.2, 0.25) is 0 Å². The minimum Gasteiger partial charge on any atom is -0.301 e. The zero-order chi connectivity index (χ0) is 15.4. The van der Waals surface area contributed by atoms with E-state index in [0.29, 0.717) is 23.9 Å². The van der Waals surface area contributed by atoms with Crippen molar-refractivity contribution < 1.29 is 13.6 Å². The van der Waals surface area contributed by atoms with Gasteiger partial charge >= 0.3 is 0 Å². The summed E-state index contributed by atoms with van der Waals surface area (Å²) in [6.07, 6.45) is 2.92. The van der Waals surface area contributed by atoms with Gasteiger partial charge in [0.05, 0.1) is 0 Å². The molecule has 0 amide bonds. The van der Waals surface area contributed by atoms with Gasteiger partial charge in [0, 0.05) is 25.4 Å². The van der Waals surface area contributed by atoms with Crippen molar-refractivity contribution in [1.29, 1.82) is 0 Å². The summed E-state index contributed by atoms with van der Waals surface area (Å²) in [6.45, 7) is 6.41. The molecule has 0 unspecified atom stereocenters. The van der Waals surface area contributed by atoms with Gasteiger partial charge in [-0.05, 0) is 56.8 Å². The molecule has 21 heavy (non-hydrogen) atoms. The highest BCUT2D eigenvalue weighted by atomic mass is 19.2. The first-order chi connectivity index (χ1) is 9.95. The van der Waals surface area contributed by atoms with Crippen LogP contribution < -0.4 is 0 Å². The van der Waals surface area contributed by atoms with Crippen LogP contribution in [0, 0.1) is 17.6 Å². The summed E-state index contributed by atoms with van der Waals surface area (Å²) in [6, 6.07) is 4.19. The number of hydrogen-bond donors (Lipinski definition) is 0. The number of ketones is 1. The van der Waals surface area contributed by atoms with Crippen molar-refractivity contribution in [3.05, 3.63) is 35.4 Å². The molecule has 2 nitrogen and oxygen atoms in total. The molecule has 1 heterocycles. The molecule has 0 aromatic heterocycles. The Balaban J connectivity index is 1.87. The number of rotatable bonds is 5. The largest absolute Gasteiger partial charge is 0.301 e. The number of carbonyl (C=O) groups is 1. The quantitative estimate of drug-likeness (QED) is 0.827. The molecule has 0 N–H and O–H groups in total. The van der Waals surface area contributed by atoms with Crippen LogP contribution in [0.25, 0.3) is 0 Å². The van der Waals surface area contributed by atoms with Gasteiger partial charge in [0.25, 0.3) is 0 Å². The summed E-state index contributed by atoms with van der Waals surface area (Å²) in [5, 5.41) is 0. The van der Waals surface area contributed by atoms with Crippen molar-refractivity contribution in [1.82, 2.24) is 4.90 Å². The van der Waals surface area contributed by atoms with Crippen LogP contribution in [0.15, 0.2) is 18.2 Å². The van der Waals surface area contributed by atoms with Crippen LogP contribution >= 0.6 is 0 Å². The Kier molecular flexibility index (Phi) is 5.45. The first-order valence-corrected chi connectivity index (χ1v) is 7.65. The number of likely N-dealkylation sites (tertiary alicyclic amines) is 1. The van der Waals surface area contributed by atoms with E-state index in [0.717, 1.165) is 38.1 Å². The molecule has 0 aliphatic carbocycles. The third-order valence-electron chi connectivity index (χ3n) is 4.18. The van der Waals surface area contributed by atoms with Gasteiger partial charge in [0.2, 0.25) is 0 Å². The van der Waals surface area contributed by atoms with Crippen LogP contribution in [0.4, 0.5) is 8.78 Å². The zero-order valence-corrected chi connectivity index (χ0v) is 12.7. The smallest absolute Gasteiger partial charge is 0.159 e. The molecule has 0 saturated carbocycles. The maximum Gasteiger partial charge on any atom is 0.159 e. The first-order valence-electron chi connectivity index (χ1n) is 7.65. The molecule has 1 aromatic carbocycles. The monoisotopic (exact) mass is 295 g/mol. The minimum absolute atomic E-state index is 0.108. The Morgan fingerprint density at radius 3 is 2.76 bits per heavy atom. The molecular weight excluding hydrogens is 272 g/mol. The van der Waals surface area contributed by atoms with Crippen molar-refractivity contribution >= 4 is 5.78 Å². The number of Topliss-reactive ketones (excluding diaryl/α,β-unsaturated/α-hetero) is 1. The number of benzene rings is 1. The molecular formula is C17H23F2NO. The molecule has 1 fully saturated rings. The van der Waals surface area contributed by atoms with Gasteiger partial charge in [-0.15, -0.1) is 0 Å². The highest BCUT2D eigenvalue weighted by Gasteiger charge is 2.23. The Morgan fingerprint density at radius 1 is 1.33 bits per heavy atom. The number of carbonyl (C=O) groups excluding carboxylic acids is 1. The lowest BCUT2D eigenvalue weighted by molar-refractivity contribution is -0.119. The molecule has 1 aliphatic rings. The van der Waals surface area contributed by atoms with Gasteiger partial charge in [-0.1, -0.05) is 6.07 Å². The first kappa shape index (κ1) is 16.1. The van der Waals surface area contributed by atoms with E-state index >= 15 is 0 Å². The summed E-state index contributed by atoms with van der Waals surface area (Å²) in [7, 11) is 0. The Hall–Kier alpha value is -1.29. The van der Waals surface area contributed by atoms with Gasteiger partial charge in [0.15, 0.2) is 11.6 Å².